The number of rotatable bonds is 4. The van der Waals surface area contributed by atoms with Crippen LogP contribution in [0.5, 0.6) is 0 Å². The van der Waals surface area contributed by atoms with Crippen LogP contribution >= 0.6 is 0 Å². The second-order valence-electron chi connectivity index (χ2n) is 2.61. The van der Waals surface area contributed by atoms with Gasteiger partial charge in [0, 0.05) is 0 Å². The van der Waals surface area contributed by atoms with Crippen LogP contribution in [-0.2, 0) is 20.7 Å². The molecule has 5 nitrogen and oxygen atoms in total. The standard InChI is InChI=1S/C9H11NO4/c1-13-9(12)6-10-8(11)5-7-3-2-4-14-7/h2-4H,5-6H2,1H3,(H,10,11). The third kappa shape index (κ3) is 3.30. The summed E-state index contributed by atoms with van der Waals surface area (Å²) in [6.45, 7) is -0.115. The number of ether oxygens (including phenoxy) is 1. The lowest BCUT2D eigenvalue weighted by atomic mass is 10.3. The van der Waals surface area contributed by atoms with Crippen molar-refractivity contribution in [2.24, 2.45) is 0 Å². The maximum absolute atomic E-state index is 11.2. The number of amides is 1. The maximum atomic E-state index is 11.2. The molecule has 0 aliphatic heterocycles. The Kier molecular flexibility index (Phi) is 3.72. The van der Waals surface area contributed by atoms with E-state index in [0.29, 0.717) is 5.76 Å². The molecule has 1 N–H and O–H groups in total. The molecule has 76 valence electrons. The van der Waals surface area contributed by atoms with Crippen molar-refractivity contribution in [1.29, 1.82) is 0 Å². The van der Waals surface area contributed by atoms with Gasteiger partial charge in [0.25, 0.3) is 0 Å². The first kappa shape index (κ1) is 10.3. The van der Waals surface area contributed by atoms with Crippen molar-refractivity contribution in [1.82, 2.24) is 5.32 Å². The van der Waals surface area contributed by atoms with E-state index in [1.165, 1.54) is 13.4 Å². The second-order valence-corrected chi connectivity index (χ2v) is 2.61. The molecule has 1 rings (SSSR count). The van der Waals surface area contributed by atoms with Crippen LogP contribution < -0.4 is 5.32 Å². The van der Waals surface area contributed by atoms with E-state index >= 15 is 0 Å². The van der Waals surface area contributed by atoms with E-state index in [9.17, 15) is 9.59 Å². The number of esters is 1. The van der Waals surface area contributed by atoms with Gasteiger partial charge in [0.1, 0.15) is 12.3 Å². The Balaban J connectivity index is 2.26. The predicted molar refractivity (Wildman–Crippen MR) is 47.4 cm³/mol. The van der Waals surface area contributed by atoms with Gasteiger partial charge in [-0.05, 0) is 12.1 Å². The SMILES string of the molecule is COC(=O)CNC(=O)Cc1ccco1. The second kappa shape index (κ2) is 5.06. The van der Waals surface area contributed by atoms with Crippen molar-refractivity contribution in [3.05, 3.63) is 24.2 Å². The average Bonchev–Trinajstić information content (AvgIpc) is 2.66. The highest BCUT2D eigenvalue weighted by atomic mass is 16.5. The number of hydrogen-bond acceptors (Lipinski definition) is 4. The van der Waals surface area contributed by atoms with Gasteiger partial charge in [-0.25, -0.2) is 0 Å². The Morgan fingerprint density at radius 1 is 1.57 bits per heavy atom. The van der Waals surface area contributed by atoms with Crippen molar-refractivity contribution in [2.75, 3.05) is 13.7 Å². The molecule has 1 heterocycles. The number of carbonyl (C=O) groups excluding carboxylic acids is 2. The lowest BCUT2D eigenvalue weighted by molar-refractivity contribution is -0.141. The normalized spacial score (nSPS) is 9.50. The van der Waals surface area contributed by atoms with Gasteiger partial charge in [-0.2, -0.15) is 0 Å². The van der Waals surface area contributed by atoms with E-state index in [1.54, 1.807) is 12.1 Å². The minimum absolute atomic E-state index is 0.115. The molecule has 0 bridgehead atoms. The zero-order chi connectivity index (χ0) is 10.4. The lowest BCUT2D eigenvalue weighted by Crippen LogP contribution is -2.31. The third-order valence-electron chi connectivity index (χ3n) is 1.57. The number of methoxy groups -OCH3 is 1. The van der Waals surface area contributed by atoms with Crippen LogP contribution in [0, 0.1) is 0 Å². The molecule has 1 amide bonds. The Bertz CT molecular complexity index is 305. The number of hydrogen-bond donors (Lipinski definition) is 1. The van der Waals surface area contributed by atoms with Crippen LogP contribution in [0.25, 0.3) is 0 Å². The first-order chi connectivity index (χ1) is 6.72. The van der Waals surface area contributed by atoms with Gasteiger partial charge < -0.3 is 14.5 Å². The van der Waals surface area contributed by atoms with Crippen molar-refractivity contribution in [3.63, 3.8) is 0 Å². The number of nitrogens with one attached hydrogen (secondary N) is 1. The van der Waals surface area contributed by atoms with E-state index in [4.69, 9.17) is 4.42 Å². The smallest absolute Gasteiger partial charge is 0.325 e. The molecule has 0 spiro atoms. The van der Waals surface area contributed by atoms with E-state index in [1.807, 2.05) is 0 Å². The van der Waals surface area contributed by atoms with E-state index in [-0.39, 0.29) is 18.9 Å². The van der Waals surface area contributed by atoms with Crippen LogP contribution in [-0.4, -0.2) is 25.5 Å². The molecule has 0 atom stereocenters. The molecule has 0 saturated heterocycles. The molecule has 0 fully saturated rings. The number of carbonyl (C=O) groups is 2. The fourth-order valence-electron chi connectivity index (χ4n) is 0.877. The molecular formula is C9H11NO4. The highest BCUT2D eigenvalue weighted by Crippen LogP contribution is 1.99. The average molecular weight is 197 g/mol. The minimum Gasteiger partial charge on any atom is -0.469 e. The Hall–Kier alpha value is -1.78. The molecule has 0 aliphatic carbocycles. The number of furan rings is 1. The van der Waals surface area contributed by atoms with Crippen LogP contribution in [0.15, 0.2) is 22.8 Å². The minimum atomic E-state index is -0.474. The summed E-state index contributed by atoms with van der Waals surface area (Å²) in [4.78, 5) is 21.8. The fourth-order valence-corrected chi connectivity index (χ4v) is 0.877. The third-order valence-corrected chi connectivity index (χ3v) is 1.57. The molecule has 0 saturated carbocycles. The molecule has 1 aromatic heterocycles. The first-order valence-electron chi connectivity index (χ1n) is 4.08. The van der Waals surface area contributed by atoms with Crippen LogP contribution in [0.4, 0.5) is 0 Å². The van der Waals surface area contributed by atoms with E-state index in [0.717, 1.165) is 0 Å². The molecule has 14 heavy (non-hydrogen) atoms. The van der Waals surface area contributed by atoms with Crippen molar-refractivity contribution in [3.8, 4) is 0 Å². The molecule has 1 aromatic rings. The van der Waals surface area contributed by atoms with Crippen molar-refractivity contribution >= 4 is 11.9 Å². The summed E-state index contributed by atoms with van der Waals surface area (Å²) in [5.41, 5.74) is 0. The van der Waals surface area contributed by atoms with Crippen molar-refractivity contribution in [2.45, 2.75) is 6.42 Å². The van der Waals surface area contributed by atoms with E-state index in [2.05, 4.69) is 10.1 Å². The predicted octanol–water partition coefficient (Wildman–Crippen LogP) is 0.111. The Morgan fingerprint density at radius 3 is 2.93 bits per heavy atom. The highest BCUT2D eigenvalue weighted by Gasteiger charge is 2.07. The summed E-state index contributed by atoms with van der Waals surface area (Å²) in [6, 6.07) is 3.39. The molecule has 0 aromatic carbocycles. The molecule has 0 unspecified atom stereocenters. The summed E-state index contributed by atoms with van der Waals surface area (Å²) in [6.07, 6.45) is 1.62. The largest absolute Gasteiger partial charge is 0.469 e. The van der Waals surface area contributed by atoms with Gasteiger partial charge in [0.15, 0.2) is 0 Å². The first-order valence-corrected chi connectivity index (χ1v) is 4.08. The summed E-state index contributed by atoms with van der Waals surface area (Å²) < 4.78 is 9.32. The topological polar surface area (TPSA) is 68.5 Å². The molecular weight excluding hydrogens is 186 g/mol. The van der Waals surface area contributed by atoms with Crippen LogP contribution in [0.3, 0.4) is 0 Å². The Morgan fingerprint density at radius 2 is 2.36 bits per heavy atom. The van der Waals surface area contributed by atoms with Gasteiger partial charge in [0.05, 0.1) is 19.8 Å². The van der Waals surface area contributed by atoms with Gasteiger partial charge in [-0.3, -0.25) is 9.59 Å². The van der Waals surface area contributed by atoms with Gasteiger partial charge >= 0.3 is 5.97 Å². The quantitative estimate of drug-likeness (QED) is 0.695. The van der Waals surface area contributed by atoms with Gasteiger partial charge in [0.2, 0.25) is 5.91 Å². The summed E-state index contributed by atoms with van der Waals surface area (Å²) >= 11 is 0. The van der Waals surface area contributed by atoms with Crippen molar-refractivity contribution < 1.29 is 18.7 Å². The Labute approximate surface area is 81.0 Å². The molecule has 0 radical (unpaired) electrons. The lowest BCUT2D eigenvalue weighted by Gasteiger charge is -2.01. The van der Waals surface area contributed by atoms with Crippen LogP contribution in [0.1, 0.15) is 5.76 Å². The van der Waals surface area contributed by atoms with E-state index < -0.39 is 5.97 Å². The monoisotopic (exact) mass is 197 g/mol. The van der Waals surface area contributed by atoms with Gasteiger partial charge in [-0.15, -0.1) is 0 Å². The summed E-state index contributed by atoms with van der Waals surface area (Å²) in [5.74, 6) is -0.185. The maximum Gasteiger partial charge on any atom is 0.325 e. The van der Waals surface area contributed by atoms with Gasteiger partial charge in [-0.1, -0.05) is 0 Å². The summed E-state index contributed by atoms with van der Waals surface area (Å²) in [7, 11) is 1.26. The zero-order valence-electron chi connectivity index (χ0n) is 7.78. The fraction of sp³-hybridized carbons (Fsp3) is 0.333. The van der Waals surface area contributed by atoms with Crippen LogP contribution in [0.2, 0.25) is 0 Å². The zero-order valence-corrected chi connectivity index (χ0v) is 7.78. The molecule has 5 heteroatoms. The molecule has 0 aliphatic rings. The highest BCUT2D eigenvalue weighted by molar-refractivity contribution is 5.82. The summed E-state index contributed by atoms with van der Waals surface area (Å²) in [5, 5.41) is 2.40.